The SMILES string of the molecule is [2H]C([2H])(O)CN1C([2H])([2H])CN(c2cc(Nc3ncc(C(=O)Nc4c(Cl)cccc4C([2H])([2H])[2H])s3)nc(C)n2)CC1([2H])[2H]. The molecule has 0 aliphatic carbocycles. The number of rotatable bonds is 7. The fourth-order valence-corrected chi connectivity index (χ4v) is 3.89. The number of benzene rings is 1. The Morgan fingerprint density at radius 1 is 1.39 bits per heavy atom. The zero-order valence-electron chi connectivity index (χ0n) is 26.4. The van der Waals surface area contributed by atoms with Gasteiger partial charge < -0.3 is 20.6 Å². The second kappa shape index (κ2) is 10.4. The molecular formula is C22H26ClN7O2S. The van der Waals surface area contributed by atoms with E-state index in [1.54, 1.807) is 6.92 Å². The van der Waals surface area contributed by atoms with Crippen molar-refractivity contribution in [3.05, 3.63) is 51.7 Å². The second-order valence-electron chi connectivity index (χ2n) is 6.85. The zero-order valence-corrected chi connectivity index (χ0v) is 19.0. The van der Waals surface area contributed by atoms with Crippen LogP contribution in [-0.2, 0) is 0 Å². The molecule has 1 fully saturated rings. The van der Waals surface area contributed by atoms with Gasteiger partial charge in [-0.15, -0.1) is 0 Å². The number of carbonyl (C=O) groups excluding carboxylic acids is 1. The first-order valence-corrected chi connectivity index (χ1v) is 10.9. The molecule has 1 aromatic carbocycles. The maximum absolute atomic E-state index is 12.9. The molecule has 0 atom stereocenters. The number of hydrogen-bond acceptors (Lipinski definition) is 9. The molecule has 174 valence electrons. The fraction of sp³-hybridized carbons (Fsp3) is 0.364. The highest BCUT2D eigenvalue weighted by molar-refractivity contribution is 7.17. The standard InChI is InChI=1S/C22H26ClN7O2S/c1-14-4-3-5-16(23)20(14)28-21(32)17-13-24-22(33-17)27-18-12-19(26-15(2)25-18)30-8-6-29(7-9-30)10-11-31/h3-5,12-13,31H,6-11H2,1-2H3,(H,28,32)(H,24,25,26,27)/i1D3,6D2,7D2,11D2. The number of amides is 1. The van der Waals surface area contributed by atoms with Crippen LogP contribution in [0.2, 0.25) is 5.02 Å². The topological polar surface area (TPSA) is 107 Å². The number of β-amino-alcohol motifs (C(OH)–C–C–N with tert-alkyl or cyclic N) is 1. The van der Waals surface area contributed by atoms with Crippen molar-refractivity contribution in [3.63, 3.8) is 0 Å². The highest BCUT2D eigenvalue weighted by Crippen LogP contribution is 2.28. The second-order valence-corrected chi connectivity index (χ2v) is 8.28. The Kier molecular flexibility index (Phi) is 4.57. The molecule has 0 radical (unpaired) electrons. The van der Waals surface area contributed by atoms with Gasteiger partial charge in [0.15, 0.2) is 5.13 Å². The highest BCUT2D eigenvalue weighted by atomic mass is 35.5. The van der Waals surface area contributed by atoms with Crippen molar-refractivity contribution in [1.82, 2.24) is 19.9 Å². The van der Waals surface area contributed by atoms with E-state index in [0.29, 0.717) is 4.90 Å². The molecule has 1 amide bonds. The van der Waals surface area contributed by atoms with Gasteiger partial charge in [0.05, 0.1) is 26.2 Å². The van der Waals surface area contributed by atoms with Gasteiger partial charge in [0.25, 0.3) is 5.91 Å². The van der Waals surface area contributed by atoms with Crippen molar-refractivity contribution in [2.24, 2.45) is 0 Å². The molecule has 1 saturated heterocycles. The molecule has 0 unspecified atom stereocenters. The predicted octanol–water partition coefficient (Wildman–Crippen LogP) is 3.31. The summed E-state index contributed by atoms with van der Waals surface area (Å²) < 4.78 is 71.3. The summed E-state index contributed by atoms with van der Waals surface area (Å²) >= 11 is 7.11. The number of anilines is 4. The van der Waals surface area contributed by atoms with E-state index in [2.05, 4.69) is 25.6 Å². The van der Waals surface area contributed by atoms with Gasteiger partial charge in [-0.05, 0) is 25.4 Å². The number of aryl methyl sites for hydroxylation is 2. The molecule has 3 N–H and O–H groups in total. The molecule has 0 saturated carbocycles. The van der Waals surface area contributed by atoms with Crippen molar-refractivity contribution >= 4 is 51.3 Å². The van der Waals surface area contributed by atoms with E-state index in [1.807, 2.05) is 0 Å². The van der Waals surface area contributed by atoms with E-state index >= 15 is 0 Å². The van der Waals surface area contributed by atoms with Crippen molar-refractivity contribution in [1.29, 1.82) is 0 Å². The number of thiazole rings is 1. The average Bonchev–Trinajstić information content (AvgIpc) is 3.29. The number of nitrogens with zero attached hydrogens (tertiary/aromatic N) is 5. The summed E-state index contributed by atoms with van der Waals surface area (Å²) in [5, 5.41) is 15.4. The van der Waals surface area contributed by atoms with Crippen LogP contribution in [0.4, 0.5) is 22.5 Å². The Balaban J connectivity index is 1.52. The molecule has 33 heavy (non-hydrogen) atoms. The number of aromatic nitrogens is 3. The monoisotopic (exact) mass is 496 g/mol. The summed E-state index contributed by atoms with van der Waals surface area (Å²) in [7, 11) is 0. The van der Waals surface area contributed by atoms with Gasteiger partial charge in [0, 0.05) is 48.3 Å². The summed E-state index contributed by atoms with van der Waals surface area (Å²) in [5.74, 6) is 0.0590. The van der Waals surface area contributed by atoms with Gasteiger partial charge in [0.2, 0.25) is 0 Å². The minimum atomic E-state index is -2.81. The third-order valence-corrected chi connectivity index (χ3v) is 5.73. The van der Waals surface area contributed by atoms with Gasteiger partial charge >= 0.3 is 0 Å². The van der Waals surface area contributed by atoms with Crippen molar-refractivity contribution in [2.75, 3.05) is 54.7 Å². The van der Waals surface area contributed by atoms with Crippen LogP contribution in [0.25, 0.3) is 0 Å². The normalized spacial score (nSPS) is 22.3. The lowest BCUT2D eigenvalue weighted by molar-refractivity contribution is 0.103. The van der Waals surface area contributed by atoms with Gasteiger partial charge in [-0.1, -0.05) is 35.1 Å². The van der Waals surface area contributed by atoms with E-state index < -0.39 is 38.9 Å². The number of hydrogen-bond donors (Lipinski definition) is 3. The molecule has 3 heterocycles. The predicted molar refractivity (Wildman–Crippen MR) is 132 cm³/mol. The molecule has 9 nitrogen and oxygen atoms in total. The number of para-hydroxylation sites is 1. The number of nitrogens with one attached hydrogen (secondary N) is 2. The highest BCUT2D eigenvalue weighted by Gasteiger charge is 2.19. The van der Waals surface area contributed by atoms with Crippen molar-refractivity contribution in [2.45, 2.75) is 13.8 Å². The van der Waals surface area contributed by atoms with Crippen LogP contribution in [0.1, 0.15) is 33.4 Å². The Labute approximate surface area is 214 Å². The number of carbonyl (C=O) groups is 1. The van der Waals surface area contributed by atoms with Gasteiger partial charge in [-0.2, -0.15) is 0 Å². The lowest BCUT2D eigenvalue weighted by atomic mass is 10.2. The first-order valence-electron chi connectivity index (χ1n) is 14.2. The van der Waals surface area contributed by atoms with E-state index in [1.165, 1.54) is 35.4 Å². The molecule has 3 aromatic rings. The van der Waals surface area contributed by atoms with Crippen LogP contribution in [0.3, 0.4) is 0 Å². The summed E-state index contributed by atoms with van der Waals surface area (Å²) in [4.78, 5) is 27.8. The summed E-state index contributed by atoms with van der Waals surface area (Å²) in [6, 6.07) is 5.74. The third-order valence-electron chi connectivity index (χ3n) is 4.50. The quantitative estimate of drug-likeness (QED) is 0.457. The van der Waals surface area contributed by atoms with Gasteiger partial charge in [-0.3, -0.25) is 9.69 Å². The molecule has 11 heteroatoms. The summed E-state index contributed by atoms with van der Waals surface area (Å²) in [6.45, 7) is -10.1. The fourth-order valence-electron chi connectivity index (χ4n) is 2.95. The summed E-state index contributed by atoms with van der Waals surface area (Å²) in [6.07, 6.45) is 1.28. The Morgan fingerprint density at radius 2 is 2.21 bits per heavy atom. The molecule has 0 spiro atoms. The average molecular weight is 497 g/mol. The molecule has 4 rings (SSSR count). The number of aliphatic hydroxyl groups is 1. The maximum Gasteiger partial charge on any atom is 0.267 e. The lowest BCUT2D eigenvalue weighted by Gasteiger charge is -2.35. The Morgan fingerprint density at radius 3 is 2.97 bits per heavy atom. The number of halogens is 1. The van der Waals surface area contributed by atoms with E-state index in [9.17, 15) is 9.90 Å². The Bertz CT molecular complexity index is 1470. The van der Waals surface area contributed by atoms with Crippen LogP contribution in [0.15, 0.2) is 30.5 Å². The van der Waals surface area contributed by atoms with Crippen molar-refractivity contribution < 1.29 is 22.2 Å². The molecular weight excluding hydrogens is 462 g/mol. The minimum absolute atomic E-state index is 0.0295. The smallest absolute Gasteiger partial charge is 0.267 e. The van der Waals surface area contributed by atoms with Gasteiger partial charge in [-0.25, -0.2) is 15.0 Å². The van der Waals surface area contributed by atoms with Crippen LogP contribution in [0, 0.1) is 13.8 Å². The Hall–Kier alpha value is -2.79. The first kappa shape index (κ1) is 14.5. The first-order chi connectivity index (χ1) is 19.2. The van der Waals surface area contributed by atoms with Crippen LogP contribution in [0.5, 0.6) is 0 Å². The molecule has 1 aliphatic rings. The van der Waals surface area contributed by atoms with Crippen LogP contribution < -0.4 is 15.5 Å². The molecule has 2 aromatic heterocycles. The van der Waals surface area contributed by atoms with Gasteiger partial charge in [0.1, 0.15) is 22.3 Å². The molecule has 1 aliphatic heterocycles. The lowest BCUT2D eigenvalue weighted by Crippen LogP contribution is -2.47. The van der Waals surface area contributed by atoms with Crippen LogP contribution >= 0.6 is 22.9 Å². The van der Waals surface area contributed by atoms with E-state index in [4.69, 9.17) is 23.9 Å². The zero-order chi connectivity index (χ0) is 31.3. The van der Waals surface area contributed by atoms with E-state index in [-0.39, 0.29) is 56.8 Å². The van der Waals surface area contributed by atoms with E-state index in [0.717, 1.165) is 11.3 Å². The minimum Gasteiger partial charge on any atom is -0.395 e. The number of piperazine rings is 1. The third kappa shape index (κ3) is 5.77. The van der Waals surface area contributed by atoms with Crippen molar-refractivity contribution in [3.8, 4) is 0 Å². The maximum atomic E-state index is 12.9. The summed E-state index contributed by atoms with van der Waals surface area (Å²) in [5.41, 5.74) is -0.141. The van der Waals surface area contributed by atoms with Crippen LogP contribution in [-0.4, -0.2) is 70.1 Å². The molecule has 0 bridgehead atoms. The largest absolute Gasteiger partial charge is 0.395 e.